The second kappa shape index (κ2) is 15.5. The number of ether oxygens (including phenoxy) is 2. The first kappa shape index (κ1) is 30.5. The standard InChI is InChI=1S/C19H33N7O10/c1-10(28)15-17(32)21-3-4-35-5-6-36-9-14(30)22-12(8-27)16(31)25-26(2)18(33)11(7-13(20)29)23-19(34)24-15/h10-12,15,27-28H,3-9H2,1-2H3,(H2,20,29)(H,21,32)(H,22,30)(H,25,31)(H2,23,24,34)/t10?,11-,12-,15-/m0/s1. The van der Waals surface area contributed by atoms with Crippen LogP contribution in [0.2, 0.25) is 0 Å². The number of carbonyl (C=O) groups is 6. The summed E-state index contributed by atoms with van der Waals surface area (Å²) in [5, 5.41) is 29.0. The maximum absolute atomic E-state index is 12.8. The zero-order valence-electron chi connectivity index (χ0n) is 19.9. The van der Waals surface area contributed by atoms with Gasteiger partial charge >= 0.3 is 6.03 Å². The van der Waals surface area contributed by atoms with Gasteiger partial charge in [-0.2, -0.15) is 0 Å². The molecule has 0 aromatic heterocycles. The van der Waals surface area contributed by atoms with Crippen LogP contribution in [0.3, 0.4) is 0 Å². The molecular weight excluding hydrogens is 486 g/mol. The number of hydrazine groups is 1. The van der Waals surface area contributed by atoms with Crippen molar-refractivity contribution in [1.29, 1.82) is 0 Å². The summed E-state index contributed by atoms with van der Waals surface area (Å²) in [4.78, 5) is 73.4. The number of nitrogens with two attached hydrogens (primary N) is 1. The summed E-state index contributed by atoms with van der Waals surface area (Å²) in [6, 6.07) is -5.54. The van der Waals surface area contributed by atoms with Crippen molar-refractivity contribution in [2.24, 2.45) is 5.73 Å². The Labute approximate surface area is 206 Å². The average molecular weight is 520 g/mol. The Morgan fingerprint density at radius 2 is 1.72 bits per heavy atom. The molecule has 17 heteroatoms. The fraction of sp³-hybridized carbons (Fsp3) is 0.684. The van der Waals surface area contributed by atoms with Crippen LogP contribution >= 0.6 is 0 Å². The van der Waals surface area contributed by atoms with Gasteiger partial charge in [-0.1, -0.05) is 0 Å². The topological polar surface area (TPSA) is 251 Å². The minimum atomic E-state index is -1.58. The highest BCUT2D eigenvalue weighted by Gasteiger charge is 2.31. The van der Waals surface area contributed by atoms with E-state index in [4.69, 9.17) is 15.2 Å². The van der Waals surface area contributed by atoms with Gasteiger partial charge in [0.15, 0.2) is 0 Å². The van der Waals surface area contributed by atoms with E-state index in [9.17, 15) is 39.0 Å². The lowest BCUT2D eigenvalue weighted by Gasteiger charge is -2.27. The molecule has 0 radical (unpaired) electrons. The summed E-state index contributed by atoms with van der Waals surface area (Å²) in [6.07, 6.45) is -2.01. The highest BCUT2D eigenvalue weighted by Crippen LogP contribution is 2.00. The Morgan fingerprint density at radius 1 is 1.06 bits per heavy atom. The van der Waals surface area contributed by atoms with Crippen LogP contribution in [-0.4, -0.2) is 122 Å². The van der Waals surface area contributed by atoms with Gasteiger partial charge in [0, 0.05) is 13.6 Å². The number of urea groups is 1. The van der Waals surface area contributed by atoms with Crippen LogP contribution in [-0.2, 0) is 33.4 Å². The van der Waals surface area contributed by atoms with Crippen LogP contribution in [0.4, 0.5) is 4.79 Å². The number of rotatable bonds is 4. The maximum atomic E-state index is 12.8. The Kier molecular flexibility index (Phi) is 13.1. The van der Waals surface area contributed by atoms with E-state index in [0.717, 1.165) is 7.05 Å². The van der Waals surface area contributed by atoms with Gasteiger partial charge in [0.05, 0.1) is 39.0 Å². The summed E-state index contributed by atoms with van der Waals surface area (Å²) < 4.78 is 10.4. The highest BCUT2D eigenvalue weighted by molar-refractivity contribution is 5.94. The van der Waals surface area contributed by atoms with Crippen molar-refractivity contribution in [3.63, 3.8) is 0 Å². The van der Waals surface area contributed by atoms with Gasteiger partial charge in [-0.25, -0.2) is 4.79 Å². The summed E-state index contributed by atoms with van der Waals surface area (Å²) in [5.74, 6) is -4.43. The number of aliphatic hydroxyl groups excluding tert-OH is 2. The number of primary amides is 1. The fourth-order valence-corrected chi connectivity index (χ4v) is 2.85. The van der Waals surface area contributed by atoms with Crippen molar-refractivity contribution < 1.29 is 48.5 Å². The third-order valence-corrected chi connectivity index (χ3v) is 4.65. The molecular formula is C19H33N7O10. The Morgan fingerprint density at radius 3 is 2.33 bits per heavy atom. The maximum Gasteiger partial charge on any atom is 0.316 e. The van der Waals surface area contributed by atoms with E-state index in [1.807, 2.05) is 0 Å². The molecule has 1 aliphatic rings. The summed E-state index contributed by atoms with van der Waals surface area (Å²) in [5.41, 5.74) is 7.27. The molecule has 0 aromatic carbocycles. The molecule has 1 saturated heterocycles. The van der Waals surface area contributed by atoms with Crippen LogP contribution in [0.5, 0.6) is 0 Å². The van der Waals surface area contributed by atoms with Crippen molar-refractivity contribution in [3.8, 4) is 0 Å². The first-order valence-corrected chi connectivity index (χ1v) is 10.9. The van der Waals surface area contributed by atoms with Crippen molar-refractivity contribution >= 4 is 35.6 Å². The largest absolute Gasteiger partial charge is 0.394 e. The molecule has 7 amide bonds. The number of carbonyl (C=O) groups excluding carboxylic acids is 6. The van der Waals surface area contributed by atoms with Gasteiger partial charge < -0.3 is 46.7 Å². The molecule has 36 heavy (non-hydrogen) atoms. The lowest BCUT2D eigenvalue weighted by Crippen LogP contribution is -2.61. The number of amides is 7. The Balaban J connectivity index is 3.08. The van der Waals surface area contributed by atoms with E-state index < -0.39 is 79.4 Å². The van der Waals surface area contributed by atoms with Crippen LogP contribution in [0, 0.1) is 0 Å². The zero-order chi connectivity index (χ0) is 27.3. The van der Waals surface area contributed by atoms with Gasteiger partial charge in [-0.3, -0.25) is 34.4 Å². The van der Waals surface area contributed by atoms with Crippen molar-refractivity contribution in [2.45, 2.75) is 37.6 Å². The summed E-state index contributed by atoms with van der Waals surface area (Å²) >= 11 is 0. The number of likely N-dealkylation sites (N-methyl/N-ethyl adjacent to an activating group) is 1. The predicted molar refractivity (Wildman–Crippen MR) is 119 cm³/mol. The van der Waals surface area contributed by atoms with E-state index >= 15 is 0 Å². The summed E-state index contributed by atoms with van der Waals surface area (Å²) in [7, 11) is 1.09. The van der Waals surface area contributed by atoms with E-state index in [-0.39, 0.29) is 26.4 Å². The molecule has 1 rings (SSSR count). The van der Waals surface area contributed by atoms with Gasteiger partial charge in [0.1, 0.15) is 24.7 Å². The molecule has 17 nitrogen and oxygen atoms in total. The molecule has 4 atom stereocenters. The van der Waals surface area contributed by atoms with Crippen molar-refractivity contribution in [3.05, 3.63) is 0 Å². The second-order valence-electron chi connectivity index (χ2n) is 7.69. The SMILES string of the molecule is CC(O)[C@@H]1NC(=O)N[C@@H](CC(N)=O)C(=O)N(C)NC(=O)[C@H](CO)NC(=O)COCCOCCNC1=O. The number of nitrogens with zero attached hydrogens (tertiary/aromatic N) is 1. The lowest BCUT2D eigenvalue weighted by molar-refractivity contribution is -0.144. The molecule has 204 valence electrons. The zero-order valence-corrected chi connectivity index (χ0v) is 19.9. The van der Waals surface area contributed by atoms with Crippen LogP contribution in [0.1, 0.15) is 13.3 Å². The smallest absolute Gasteiger partial charge is 0.316 e. The van der Waals surface area contributed by atoms with Gasteiger partial charge in [0.2, 0.25) is 17.7 Å². The van der Waals surface area contributed by atoms with Gasteiger partial charge in [-0.05, 0) is 6.92 Å². The Hall–Kier alpha value is -3.54. The van der Waals surface area contributed by atoms with E-state index in [1.165, 1.54) is 6.92 Å². The van der Waals surface area contributed by atoms with Crippen LogP contribution in [0.15, 0.2) is 0 Å². The number of hydrogen-bond acceptors (Lipinski definition) is 10. The van der Waals surface area contributed by atoms with Crippen molar-refractivity contribution in [2.75, 3.05) is 46.6 Å². The predicted octanol–water partition coefficient (Wildman–Crippen LogP) is -5.59. The monoisotopic (exact) mass is 519 g/mol. The molecule has 1 unspecified atom stereocenters. The molecule has 0 saturated carbocycles. The van der Waals surface area contributed by atoms with E-state index in [2.05, 4.69) is 26.7 Å². The van der Waals surface area contributed by atoms with Gasteiger partial charge in [-0.15, -0.1) is 0 Å². The molecule has 1 fully saturated rings. The molecule has 0 spiro atoms. The quantitative estimate of drug-likeness (QED) is 0.175. The molecule has 1 heterocycles. The lowest BCUT2D eigenvalue weighted by atomic mass is 10.1. The van der Waals surface area contributed by atoms with Gasteiger partial charge in [0.25, 0.3) is 11.8 Å². The average Bonchev–Trinajstić information content (AvgIpc) is 2.80. The van der Waals surface area contributed by atoms with Crippen LogP contribution < -0.4 is 32.4 Å². The normalized spacial score (nSPS) is 25.3. The minimum absolute atomic E-state index is 0.00781. The number of nitrogens with one attached hydrogen (secondary N) is 5. The fourth-order valence-electron chi connectivity index (χ4n) is 2.85. The highest BCUT2D eigenvalue weighted by atomic mass is 16.5. The molecule has 1 aliphatic heterocycles. The molecule has 0 aromatic rings. The Bertz CT molecular complexity index is 809. The van der Waals surface area contributed by atoms with E-state index in [1.54, 1.807) is 0 Å². The molecule has 9 N–H and O–H groups in total. The molecule has 0 bridgehead atoms. The summed E-state index contributed by atoms with van der Waals surface area (Å²) in [6.45, 7) is 0.139. The molecule has 0 aliphatic carbocycles. The third kappa shape index (κ3) is 10.8. The van der Waals surface area contributed by atoms with Crippen molar-refractivity contribution in [1.82, 2.24) is 31.7 Å². The second-order valence-corrected chi connectivity index (χ2v) is 7.69. The first-order valence-electron chi connectivity index (χ1n) is 10.9. The third-order valence-electron chi connectivity index (χ3n) is 4.65. The number of aliphatic hydroxyl groups is 2. The first-order chi connectivity index (χ1) is 17.0. The minimum Gasteiger partial charge on any atom is -0.394 e. The van der Waals surface area contributed by atoms with Crippen LogP contribution in [0.25, 0.3) is 0 Å². The number of hydrogen-bond donors (Lipinski definition) is 8. The van der Waals surface area contributed by atoms with E-state index in [0.29, 0.717) is 5.01 Å².